The van der Waals surface area contributed by atoms with Crippen LogP contribution in [0.15, 0.2) is 29.2 Å². The molecule has 1 heterocycles. The molecule has 4 nitrogen and oxygen atoms in total. The summed E-state index contributed by atoms with van der Waals surface area (Å²) in [5.74, 6) is 0. The quantitative estimate of drug-likeness (QED) is 0.903. The van der Waals surface area contributed by atoms with E-state index in [4.69, 9.17) is 0 Å². The van der Waals surface area contributed by atoms with Crippen LogP contribution in [0.2, 0.25) is 0 Å². The van der Waals surface area contributed by atoms with E-state index in [9.17, 15) is 8.42 Å². The number of sulfonamides is 1. The lowest BCUT2D eigenvalue weighted by molar-refractivity contribution is 0.380. The third kappa shape index (κ3) is 2.77. The molecule has 1 aromatic carbocycles. The first kappa shape index (κ1) is 14.3. The van der Waals surface area contributed by atoms with Crippen LogP contribution in [0.3, 0.4) is 0 Å². The van der Waals surface area contributed by atoms with Crippen molar-refractivity contribution in [3.63, 3.8) is 0 Å². The van der Waals surface area contributed by atoms with Gasteiger partial charge in [-0.15, -0.1) is 0 Å². The molecule has 0 amide bonds. The van der Waals surface area contributed by atoms with E-state index in [0.29, 0.717) is 23.7 Å². The summed E-state index contributed by atoms with van der Waals surface area (Å²) < 4.78 is 27.2. The number of hydrogen-bond donors (Lipinski definition) is 1. The van der Waals surface area contributed by atoms with Gasteiger partial charge < -0.3 is 5.32 Å². The Kier molecular flexibility index (Phi) is 4.47. The Hall–Kier alpha value is -1.07. The average molecular weight is 282 g/mol. The Bertz CT molecular complexity index is 528. The molecule has 0 aliphatic carbocycles. The summed E-state index contributed by atoms with van der Waals surface area (Å²) in [5.41, 5.74) is 0.701. The lowest BCUT2D eigenvalue weighted by Gasteiger charge is -2.24. The van der Waals surface area contributed by atoms with Gasteiger partial charge in [0.05, 0.1) is 5.69 Å². The minimum absolute atomic E-state index is 0.152. The largest absolute Gasteiger partial charge is 0.384 e. The van der Waals surface area contributed by atoms with Crippen LogP contribution in [0, 0.1) is 0 Å². The smallest absolute Gasteiger partial charge is 0.245 e. The number of hydrogen-bond acceptors (Lipinski definition) is 3. The van der Waals surface area contributed by atoms with Crippen molar-refractivity contribution in [2.24, 2.45) is 0 Å². The van der Waals surface area contributed by atoms with Crippen molar-refractivity contribution >= 4 is 15.7 Å². The van der Waals surface area contributed by atoms with Crippen LogP contribution in [-0.2, 0) is 10.0 Å². The van der Waals surface area contributed by atoms with E-state index in [2.05, 4.69) is 12.2 Å². The Morgan fingerprint density at radius 1 is 1.32 bits per heavy atom. The average Bonchev–Trinajstić information content (AvgIpc) is 2.88. The maximum atomic E-state index is 12.8. The first-order valence-electron chi connectivity index (χ1n) is 6.96. The van der Waals surface area contributed by atoms with Gasteiger partial charge in [0.15, 0.2) is 0 Å². The van der Waals surface area contributed by atoms with Crippen molar-refractivity contribution in [1.29, 1.82) is 0 Å². The highest BCUT2D eigenvalue weighted by molar-refractivity contribution is 7.89. The van der Waals surface area contributed by atoms with E-state index in [1.807, 2.05) is 19.1 Å². The van der Waals surface area contributed by atoms with Gasteiger partial charge >= 0.3 is 0 Å². The molecule has 1 N–H and O–H groups in total. The molecule has 5 heteroatoms. The van der Waals surface area contributed by atoms with Crippen molar-refractivity contribution in [1.82, 2.24) is 4.31 Å². The SMILES string of the molecule is CCNc1ccccc1S(=O)(=O)N1CCCC1CC. The van der Waals surface area contributed by atoms with Gasteiger partial charge in [-0.2, -0.15) is 4.31 Å². The summed E-state index contributed by atoms with van der Waals surface area (Å²) in [6, 6.07) is 7.31. The van der Waals surface area contributed by atoms with Crippen LogP contribution in [-0.4, -0.2) is 31.9 Å². The van der Waals surface area contributed by atoms with Gasteiger partial charge in [-0.3, -0.25) is 0 Å². The predicted octanol–water partition coefficient (Wildman–Crippen LogP) is 2.68. The summed E-state index contributed by atoms with van der Waals surface area (Å²) in [7, 11) is -3.38. The molecular weight excluding hydrogens is 260 g/mol. The molecule has 1 aliphatic rings. The molecule has 0 radical (unpaired) electrons. The molecule has 1 aliphatic heterocycles. The van der Waals surface area contributed by atoms with Crippen LogP contribution < -0.4 is 5.32 Å². The molecule has 2 rings (SSSR count). The molecule has 0 aromatic heterocycles. The number of benzene rings is 1. The number of anilines is 1. The van der Waals surface area contributed by atoms with Gasteiger partial charge in [-0.1, -0.05) is 19.1 Å². The summed E-state index contributed by atoms with van der Waals surface area (Å²) in [6.07, 6.45) is 2.81. The molecule has 1 aromatic rings. The Balaban J connectivity index is 2.39. The molecule has 106 valence electrons. The van der Waals surface area contributed by atoms with Gasteiger partial charge in [0.25, 0.3) is 0 Å². The minimum Gasteiger partial charge on any atom is -0.384 e. The van der Waals surface area contributed by atoms with Gasteiger partial charge in [-0.05, 0) is 38.3 Å². The van der Waals surface area contributed by atoms with Gasteiger partial charge in [0.2, 0.25) is 10.0 Å². The zero-order chi connectivity index (χ0) is 13.9. The first-order chi connectivity index (χ1) is 9.11. The van der Waals surface area contributed by atoms with Crippen LogP contribution in [0.25, 0.3) is 0 Å². The van der Waals surface area contributed by atoms with Crippen molar-refractivity contribution in [2.45, 2.75) is 44.0 Å². The first-order valence-corrected chi connectivity index (χ1v) is 8.40. The Morgan fingerprint density at radius 2 is 2.05 bits per heavy atom. The second kappa shape index (κ2) is 5.92. The zero-order valence-corrected chi connectivity index (χ0v) is 12.4. The van der Waals surface area contributed by atoms with Crippen molar-refractivity contribution < 1.29 is 8.42 Å². The van der Waals surface area contributed by atoms with Crippen molar-refractivity contribution in [2.75, 3.05) is 18.4 Å². The lowest BCUT2D eigenvalue weighted by Crippen LogP contribution is -2.35. The lowest BCUT2D eigenvalue weighted by atomic mass is 10.2. The maximum absolute atomic E-state index is 12.8. The molecule has 0 bridgehead atoms. The maximum Gasteiger partial charge on any atom is 0.245 e. The molecule has 0 spiro atoms. The van der Waals surface area contributed by atoms with Crippen molar-refractivity contribution in [3.8, 4) is 0 Å². The van der Waals surface area contributed by atoms with Crippen LogP contribution in [0.4, 0.5) is 5.69 Å². The number of nitrogens with one attached hydrogen (secondary N) is 1. The monoisotopic (exact) mass is 282 g/mol. The molecule has 1 fully saturated rings. The van der Waals surface area contributed by atoms with Crippen LogP contribution >= 0.6 is 0 Å². The molecule has 1 atom stereocenters. The third-order valence-electron chi connectivity index (χ3n) is 3.64. The highest BCUT2D eigenvalue weighted by atomic mass is 32.2. The number of para-hydroxylation sites is 1. The molecule has 1 unspecified atom stereocenters. The number of nitrogens with zero attached hydrogens (tertiary/aromatic N) is 1. The Labute approximate surface area is 115 Å². The standard InChI is InChI=1S/C14H22N2O2S/c1-3-12-8-7-11-16(12)19(17,18)14-10-6-5-9-13(14)15-4-2/h5-6,9-10,12,15H,3-4,7-8,11H2,1-2H3. The van der Waals surface area contributed by atoms with Gasteiger partial charge in [0, 0.05) is 19.1 Å². The molecular formula is C14H22N2O2S. The minimum atomic E-state index is -3.38. The predicted molar refractivity (Wildman–Crippen MR) is 77.8 cm³/mol. The fourth-order valence-electron chi connectivity index (χ4n) is 2.69. The zero-order valence-electron chi connectivity index (χ0n) is 11.6. The van der Waals surface area contributed by atoms with E-state index >= 15 is 0 Å². The van der Waals surface area contributed by atoms with Gasteiger partial charge in [-0.25, -0.2) is 8.42 Å². The van der Waals surface area contributed by atoms with Gasteiger partial charge in [0.1, 0.15) is 4.90 Å². The summed E-state index contributed by atoms with van der Waals surface area (Å²) in [4.78, 5) is 0.400. The highest BCUT2D eigenvalue weighted by Gasteiger charge is 2.35. The van der Waals surface area contributed by atoms with E-state index in [0.717, 1.165) is 19.3 Å². The fourth-order valence-corrected chi connectivity index (χ4v) is 4.63. The summed E-state index contributed by atoms with van der Waals surface area (Å²) in [5, 5.41) is 3.13. The second-order valence-corrected chi connectivity index (χ2v) is 6.71. The number of rotatable bonds is 5. The molecule has 19 heavy (non-hydrogen) atoms. The highest BCUT2D eigenvalue weighted by Crippen LogP contribution is 2.31. The Morgan fingerprint density at radius 3 is 2.74 bits per heavy atom. The summed E-state index contributed by atoms with van der Waals surface area (Å²) >= 11 is 0. The second-order valence-electron chi connectivity index (χ2n) is 4.85. The van der Waals surface area contributed by atoms with E-state index < -0.39 is 10.0 Å². The van der Waals surface area contributed by atoms with Crippen molar-refractivity contribution in [3.05, 3.63) is 24.3 Å². The third-order valence-corrected chi connectivity index (χ3v) is 5.65. The van der Waals surface area contributed by atoms with E-state index in [1.165, 1.54) is 0 Å². The fraction of sp³-hybridized carbons (Fsp3) is 0.571. The van der Waals surface area contributed by atoms with E-state index in [1.54, 1.807) is 16.4 Å². The normalized spacial score (nSPS) is 20.6. The van der Waals surface area contributed by atoms with E-state index in [-0.39, 0.29) is 6.04 Å². The topological polar surface area (TPSA) is 49.4 Å². The van der Waals surface area contributed by atoms with Crippen LogP contribution in [0.5, 0.6) is 0 Å². The summed E-state index contributed by atoms with van der Waals surface area (Å²) in [6.45, 7) is 5.37. The molecule has 0 saturated carbocycles. The van der Waals surface area contributed by atoms with Crippen LogP contribution in [0.1, 0.15) is 33.1 Å². The molecule has 1 saturated heterocycles.